The van der Waals surface area contributed by atoms with Gasteiger partial charge in [-0.25, -0.2) is 4.79 Å². The minimum Gasteiger partial charge on any atom is -0.378 e. The minimum absolute atomic E-state index is 0.133. The Morgan fingerprint density at radius 3 is 2.14 bits per heavy atom. The van der Waals surface area contributed by atoms with Crippen LogP contribution in [0.1, 0.15) is 15.9 Å². The fourth-order valence-corrected chi connectivity index (χ4v) is 5.31. The number of rotatable bonds is 6. The van der Waals surface area contributed by atoms with Gasteiger partial charge in [-0.3, -0.25) is 4.79 Å². The molecule has 42 heavy (non-hydrogen) atoms. The molecule has 0 atom stereocenters. The number of nitrogens with zero attached hydrogens (tertiary/aromatic N) is 4. The van der Waals surface area contributed by atoms with Crippen molar-refractivity contribution >= 4 is 34.7 Å². The van der Waals surface area contributed by atoms with Gasteiger partial charge in [0.25, 0.3) is 5.91 Å². The number of urea groups is 1. The van der Waals surface area contributed by atoms with Gasteiger partial charge in [0.15, 0.2) is 5.76 Å². The number of hydrogen-bond donors (Lipinski definition) is 2. The quantitative estimate of drug-likeness (QED) is 0.335. The number of amides is 3. The molecule has 2 aliphatic heterocycles. The Morgan fingerprint density at radius 1 is 0.762 bits per heavy atom. The standard InChI is InChI=1S/C32H34N6O4/c1-23-2-3-25(31(39)34-26-8-10-28(11-9-26)36-18-20-41-21-19-36)22-29(23)37-14-16-38(17-15-37)32(40)35-27-6-4-24(5-7-27)30-12-13-33-42-30/h2-13,22H,14-21H2,1H3,(H,34,39)(H,35,40). The number of anilines is 4. The van der Waals surface area contributed by atoms with Gasteiger partial charge in [0, 0.05) is 79.2 Å². The SMILES string of the molecule is Cc1ccc(C(=O)Nc2ccc(N3CCOCC3)cc2)cc1N1CCN(C(=O)Nc2ccc(-c3ccno3)cc2)CC1. The molecular weight excluding hydrogens is 532 g/mol. The molecule has 1 aromatic heterocycles. The van der Waals surface area contributed by atoms with Crippen LogP contribution in [0.5, 0.6) is 0 Å². The molecule has 2 N–H and O–H groups in total. The van der Waals surface area contributed by atoms with E-state index in [1.54, 1.807) is 12.3 Å². The molecule has 10 nitrogen and oxygen atoms in total. The Balaban J connectivity index is 1.03. The van der Waals surface area contributed by atoms with Gasteiger partial charge in [0.1, 0.15) is 0 Å². The largest absolute Gasteiger partial charge is 0.378 e. The third kappa shape index (κ3) is 6.23. The van der Waals surface area contributed by atoms with Gasteiger partial charge in [0.2, 0.25) is 0 Å². The third-order valence-electron chi connectivity index (χ3n) is 7.74. The summed E-state index contributed by atoms with van der Waals surface area (Å²) in [5.41, 5.74) is 6.19. The van der Waals surface area contributed by atoms with E-state index in [1.165, 1.54) is 0 Å². The fourth-order valence-electron chi connectivity index (χ4n) is 5.31. The molecule has 0 unspecified atom stereocenters. The number of hydrogen-bond acceptors (Lipinski definition) is 7. The highest BCUT2D eigenvalue weighted by Crippen LogP contribution is 2.26. The van der Waals surface area contributed by atoms with Crippen LogP contribution in [0.15, 0.2) is 83.5 Å². The van der Waals surface area contributed by atoms with Crippen LogP contribution in [0.2, 0.25) is 0 Å². The second-order valence-electron chi connectivity index (χ2n) is 10.5. The van der Waals surface area contributed by atoms with Crippen LogP contribution in [-0.4, -0.2) is 74.5 Å². The molecule has 0 aliphatic carbocycles. The normalized spacial score (nSPS) is 15.4. The lowest BCUT2D eigenvalue weighted by Crippen LogP contribution is -2.50. The Hall–Kier alpha value is -4.83. The maximum atomic E-state index is 13.1. The smallest absolute Gasteiger partial charge is 0.321 e. The summed E-state index contributed by atoms with van der Waals surface area (Å²) < 4.78 is 10.6. The van der Waals surface area contributed by atoms with E-state index in [-0.39, 0.29) is 11.9 Å². The van der Waals surface area contributed by atoms with Crippen molar-refractivity contribution in [2.24, 2.45) is 0 Å². The topological polar surface area (TPSA) is 103 Å². The van der Waals surface area contributed by atoms with E-state index in [1.807, 2.05) is 78.6 Å². The predicted molar refractivity (Wildman–Crippen MR) is 163 cm³/mol. The highest BCUT2D eigenvalue weighted by Gasteiger charge is 2.23. The van der Waals surface area contributed by atoms with Gasteiger partial charge in [-0.15, -0.1) is 0 Å². The molecule has 216 valence electrons. The van der Waals surface area contributed by atoms with E-state index >= 15 is 0 Å². The summed E-state index contributed by atoms with van der Waals surface area (Å²) in [6.45, 7) is 7.75. The lowest BCUT2D eigenvalue weighted by Gasteiger charge is -2.37. The average molecular weight is 567 g/mol. The lowest BCUT2D eigenvalue weighted by molar-refractivity contribution is 0.102. The molecule has 2 aliphatic rings. The molecule has 3 heterocycles. The first-order valence-corrected chi connectivity index (χ1v) is 14.2. The Morgan fingerprint density at radius 2 is 1.45 bits per heavy atom. The summed E-state index contributed by atoms with van der Waals surface area (Å²) in [6.07, 6.45) is 1.60. The number of nitrogens with one attached hydrogen (secondary N) is 2. The predicted octanol–water partition coefficient (Wildman–Crippen LogP) is 5.09. The Labute approximate surface area is 244 Å². The van der Waals surface area contributed by atoms with Crippen LogP contribution in [0.25, 0.3) is 11.3 Å². The zero-order chi connectivity index (χ0) is 28.9. The van der Waals surface area contributed by atoms with Crippen molar-refractivity contribution in [1.82, 2.24) is 10.1 Å². The van der Waals surface area contributed by atoms with Crippen molar-refractivity contribution in [3.63, 3.8) is 0 Å². The second kappa shape index (κ2) is 12.4. The number of benzene rings is 3. The van der Waals surface area contributed by atoms with Gasteiger partial charge in [-0.05, 0) is 73.2 Å². The summed E-state index contributed by atoms with van der Waals surface area (Å²) in [7, 11) is 0. The zero-order valence-electron chi connectivity index (χ0n) is 23.6. The summed E-state index contributed by atoms with van der Waals surface area (Å²) >= 11 is 0. The molecule has 6 rings (SSSR count). The lowest BCUT2D eigenvalue weighted by atomic mass is 10.1. The maximum absolute atomic E-state index is 13.1. The molecule has 2 saturated heterocycles. The first-order chi connectivity index (χ1) is 20.5. The monoisotopic (exact) mass is 566 g/mol. The molecule has 10 heteroatoms. The summed E-state index contributed by atoms with van der Waals surface area (Å²) in [5.74, 6) is 0.529. The van der Waals surface area contributed by atoms with Crippen LogP contribution < -0.4 is 20.4 Å². The van der Waals surface area contributed by atoms with Crippen molar-refractivity contribution in [2.45, 2.75) is 6.92 Å². The molecule has 0 radical (unpaired) electrons. The summed E-state index contributed by atoms with van der Waals surface area (Å²) in [5, 5.41) is 9.74. The molecule has 4 aromatic rings. The number of piperazine rings is 1. The number of aryl methyl sites for hydroxylation is 1. The van der Waals surface area contributed by atoms with Crippen LogP contribution in [0.4, 0.5) is 27.5 Å². The molecule has 3 aromatic carbocycles. The Bertz CT molecular complexity index is 1510. The van der Waals surface area contributed by atoms with E-state index < -0.39 is 0 Å². The van der Waals surface area contributed by atoms with E-state index in [9.17, 15) is 9.59 Å². The first-order valence-electron chi connectivity index (χ1n) is 14.2. The van der Waals surface area contributed by atoms with Crippen molar-refractivity contribution in [1.29, 1.82) is 0 Å². The first kappa shape index (κ1) is 27.3. The van der Waals surface area contributed by atoms with Gasteiger partial charge < -0.3 is 34.6 Å². The van der Waals surface area contributed by atoms with Crippen molar-refractivity contribution < 1.29 is 18.8 Å². The average Bonchev–Trinajstić information content (AvgIpc) is 3.58. The third-order valence-corrected chi connectivity index (χ3v) is 7.74. The number of carbonyl (C=O) groups is 2. The van der Waals surface area contributed by atoms with E-state index in [2.05, 4.69) is 25.6 Å². The van der Waals surface area contributed by atoms with Crippen molar-refractivity contribution in [3.05, 3.63) is 90.1 Å². The molecule has 0 saturated carbocycles. The summed E-state index contributed by atoms with van der Waals surface area (Å²) in [6, 6.07) is 22.9. The van der Waals surface area contributed by atoms with Crippen LogP contribution in [0.3, 0.4) is 0 Å². The van der Waals surface area contributed by atoms with Gasteiger partial charge in [-0.2, -0.15) is 0 Å². The van der Waals surface area contributed by atoms with Gasteiger partial charge >= 0.3 is 6.03 Å². The van der Waals surface area contributed by atoms with Gasteiger partial charge in [0.05, 0.1) is 19.4 Å². The van der Waals surface area contributed by atoms with E-state index in [4.69, 9.17) is 9.26 Å². The van der Waals surface area contributed by atoms with Crippen molar-refractivity contribution in [2.75, 3.05) is 72.9 Å². The number of carbonyl (C=O) groups excluding carboxylic acids is 2. The molecule has 0 spiro atoms. The number of aromatic nitrogens is 1. The van der Waals surface area contributed by atoms with Crippen molar-refractivity contribution in [3.8, 4) is 11.3 Å². The van der Waals surface area contributed by atoms with Crippen LogP contribution in [0, 0.1) is 6.92 Å². The highest BCUT2D eigenvalue weighted by molar-refractivity contribution is 6.05. The van der Waals surface area contributed by atoms with Crippen LogP contribution >= 0.6 is 0 Å². The minimum atomic E-state index is -0.150. The maximum Gasteiger partial charge on any atom is 0.321 e. The highest BCUT2D eigenvalue weighted by atomic mass is 16.5. The van der Waals surface area contributed by atoms with E-state index in [0.29, 0.717) is 37.5 Å². The Kier molecular flexibility index (Phi) is 8.05. The fraction of sp³-hybridized carbons (Fsp3) is 0.281. The zero-order valence-corrected chi connectivity index (χ0v) is 23.6. The molecular formula is C32H34N6O4. The molecule has 3 amide bonds. The molecule has 0 bridgehead atoms. The second-order valence-corrected chi connectivity index (χ2v) is 10.5. The van der Waals surface area contributed by atoms with Gasteiger partial charge in [-0.1, -0.05) is 11.2 Å². The van der Waals surface area contributed by atoms with E-state index in [0.717, 1.165) is 60.2 Å². The van der Waals surface area contributed by atoms with Crippen LogP contribution in [-0.2, 0) is 4.74 Å². The number of morpholine rings is 1. The summed E-state index contributed by atoms with van der Waals surface area (Å²) in [4.78, 5) is 32.4. The number of ether oxygens (including phenoxy) is 1. The molecule has 2 fully saturated rings.